The number of aromatic nitrogens is 1. The van der Waals surface area contributed by atoms with Gasteiger partial charge in [0.15, 0.2) is 5.13 Å². The monoisotopic (exact) mass is 408 g/mol. The Hall–Kier alpha value is -3.26. The van der Waals surface area contributed by atoms with Gasteiger partial charge in [-0.1, -0.05) is 12.1 Å². The summed E-state index contributed by atoms with van der Waals surface area (Å²) in [5, 5.41) is 16.6. The number of thiazole rings is 1. The van der Waals surface area contributed by atoms with E-state index in [4.69, 9.17) is 4.98 Å². The van der Waals surface area contributed by atoms with Crippen LogP contribution in [0.1, 0.15) is 29.6 Å². The van der Waals surface area contributed by atoms with Crippen molar-refractivity contribution in [2.24, 2.45) is 0 Å². The molecule has 2 aromatic carbocycles. The summed E-state index contributed by atoms with van der Waals surface area (Å²) < 4.78 is 0. The molecule has 1 aliphatic rings. The van der Waals surface area contributed by atoms with Crippen LogP contribution in [0.2, 0.25) is 0 Å². The number of rotatable bonds is 5. The van der Waals surface area contributed by atoms with Crippen LogP contribution in [0.25, 0.3) is 11.3 Å². The highest BCUT2D eigenvalue weighted by molar-refractivity contribution is 7.14. The minimum Gasteiger partial charge on any atom is -0.348 e. The summed E-state index contributed by atoms with van der Waals surface area (Å²) in [6, 6.07) is 13.1. The van der Waals surface area contributed by atoms with Gasteiger partial charge in [-0.2, -0.15) is 0 Å². The number of carbonyl (C=O) groups is 1. The van der Waals surface area contributed by atoms with Crippen LogP contribution in [0.3, 0.4) is 0 Å². The average Bonchev–Trinajstić information content (AvgIpc) is 3.25. The highest BCUT2D eigenvalue weighted by Gasteiger charge is 2.15. The van der Waals surface area contributed by atoms with E-state index < -0.39 is 4.92 Å². The van der Waals surface area contributed by atoms with Crippen LogP contribution in [0.15, 0.2) is 53.9 Å². The second-order valence-corrected chi connectivity index (χ2v) is 7.74. The average molecular weight is 408 g/mol. The zero-order chi connectivity index (χ0) is 20.2. The molecule has 29 heavy (non-hydrogen) atoms. The van der Waals surface area contributed by atoms with Crippen LogP contribution in [-0.2, 0) is 0 Å². The number of nitro benzene ring substituents is 1. The van der Waals surface area contributed by atoms with Gasteiger partial charge in [-0.3, -0.25) is 14.9 Å². The van der Waals surface area contributed by atoms with E-state index in [1.165, 1.54) is 43.5 Å². The van der Waals surface area contributed by atoms with Gasteiger partial charge in [0.2, 0.25) is 0 Å². The van der Waals surface area contributed by atoms with Gasteiger partial charge in [0.05, 0.1) is 10.6 Å². The number of hydrogen-bond acceptors (Lipinski definition) is 6. The van der Waals surface area contributed by atoms with E-state index >= 15 is 0 Å². The Morgan fingerprint density at radius 3 is 2.38 bits per heavy atom. The molecule has 1 N–H and O–H groups in total. The number of non-ortho nitro benzene ring substituents is 1. The zero-order valence-corrected chi connectivity index (χ0v) is 16.5. The van der Waals surface area contributed by atoms with E-state index in [2.05, 4.69) is 15.6 Å². The predicted octanol–water partition coefficient (Wildman–Crippen LogP) is 4.96. The van der Waals surface area contributed by atoms with Gasteiger partial charge >= 0.3 is 0 Å². The molecule has 7 nitrogen and oxygen atoms in total. The number of piperidine rings is 1. The molecule has 0 saturated carbocycles. The summed E-state index contributed by atoms with van der Waals surface area (Å²) in [5.41, 5.74) is 2.91. The number of carbonyl (C=O) groups excluding carboxylic acids is 1. The van der Waals surface area contributed by atoms with Crippen molar-refractivity contribution in [2.75, 3.05) is 23.3 Å². The van der Waals surface area contributed by atoms with Gasteiger partial charge in [0, 0.05) is 47.4 Å². The van der Waals surface area contributed by atoms with Crippen LogP contribution in [0.5, 0.6) is 0 Å². The minimum atomic E-state index is -0.490. The largest absolute Gasteiger partial charge is 0.348 e. The third kappa shape index (κ3) is 4.43. The lowest BCUT2D eigenvalue weighted by molar-refractivity contribution is -0.384. The highest BCUT2D eigenvalue weighted by Crippen LogP contribution is 2.29. The van der Waals surface area contributed by atoms with Gasteiger partial charge < -0.3 is 10.2 Å². The molecule has 1 aliphatic heterocycles. The lowest BCUT2D eigenvalue weighted by atomic mass is 10.1. The maximum Gasteiger partial charge on any atom is 0.269 e. The third-order valence-electron chi connectivity index (χ3n) is 4.90. The molecule has 1 saturated heterocycles. The second-order valence-electron chi connectivity index (χ2n) is 6.90. The molecule has 148 valence electrons. The molecule has 0 aliphatic carbocycles. The lowest BCUT2D eigenvalue weighted by Crippen LogP contribution is -2.29. The molecule has 1 fully saturated rings. The molecule has 0 spiro atoms. The number of benzene rings is 2. The summed E-state index contributed by atoms with van der Waals surface area (Å²) >= 11 is 1.66. The predicted molar refractivity (Wildman–Crippen MR) is 115 cm³/mol. The molecule has 0 atom stereocenters. The van der Waals surface area contributed by atoms with Crippen LogP contribution in [0, 0.1) is 10.1 Å². The first-order valence-corrected chi connectivity index (χ1v) is 10.3. The molecule has 0 bridgehead atoms. The van der Waals surface area contributed by atoms with Gasteiger partial charge in [-0.05, 0) is 43.5 Å². The molecule has 3 aromatic rings. The number of nitrogens with one attached hydrogen (secondary N) is 1. The Morgan fingerprint density at radius 1 is 1.03 bits per heavy atom. The van der Waals surface area contributed by atoms with Gasteiger partial charge in [-0.15, -0.1) is 11.3 Å². The molecule has 0 radical (unpaired) electrons. The highest BCUT2D eigenvalue weighted by atomic mass is 32.1. The summed E-state index contributed by atoms with van der Waals surface area (Å²) in [6.07, 6.45) is 3.73. The fraction of sp³-hybridized carbons (Fsp3) is 0.238. The van der Waals surface area contributed by atoms with Crippen molar-refractivity contribution >= 4 is 33.8 Å². The molecule has 4 rings (SSSR count). The van der Waals surface area contributed by atoms with E-state index in [1.807, 2.05) is 24.3 Å². The van der Waals surface area contributed by atoms with Crippen molar-refractivity contribution in [1.82, 2.24) is 4.98 Å². The SMILES string of the molecule is O=C(Nc1ccc(-c2csc(N3CCCCC3)n2)cc1)c1ccc([N+](=O)[O-])cc1. The van der Waals surface area contributed by atoms with E-state index in [-0.39, 0.29) is 11.6 Å². The lowest BCUT2D eigenvalue weighted by Gasteiger charge is -2.25. The molecule has 1 amide bonds. The number of hydrogen-bond donors (Lipinski definition) is 1. The third-order valence-corrected chi connectivity index (χ3v) is 5.80. The quantitative estimate of drug-likeness (QED) is 0.476. The number of nitro groups is 1. The Balaban J connectivity index is 1.42. The van der Waals surface area contributed by atoms with Crippen molar-refractivity contribution in [3.05, 3.63) is 69.6 Å². The van der Waals surface area contributed by atoms with E-state index in [1.54, 1.807) is 11.3 Å². The summed E-state index contributed by atoms with van der Waals surface area (Å²) in [6.45, 7) is 2.14. The summed E-state index contributed by atoms with van der Waals surface area (Å²) in [4.78, 5) is 29.7. The van der Waals surface area contributed by atoms with Gasteiger partial charge in [0.25, 0.3) is 11.6 Å². The zero-order valence-electron chi connectivity index (χ0n) is 15.7. The Labute approximate surface area is 172 Å². The topological polar surface area (TPSA) is 88.4 Å². The van der Waals surface area contributed by atoms with Crippen molar-refractivity contribution in [3.63, 3.8) is 0 Å². The normalized spacial score (nSPS) is 13.9. The van der Waals surface area contributed by atoms with E-state index in [9.17, 15) is 14.9 Å². The van der Waals surface area contributed by atoms with Crippen LogP contribution < -0.4 is 10.2 Å². The Bertz CT molecular complexity index is 1010. The standard InChI is InChI=1S/C21H20N4O3S/c26-20(16-6-10-18(11-7-16)25(27)28)22-17-8-4-15(5-9-17)19-14-29-21(23-19)24-12-2-1-3-13-24/h4-11,14H,1-3,12-13H2,(H,22,26). The van der Waals surface area contributed by atoms with Crippen LogP contribution >= 0.6 is 11.3 Å². The molecule has 8 heteroatoms. The Kier molecular flexibility index (Phi) is 5.53. The van der Waals surface area contributed by atoms with Crippen LogP contribution in [0.4, 0.5) is 16.5 Å². The molecular formula is C21H20N4O3S. The van der Waals surface area contributed by atoms with E-state index in [0.29, 0.717) is 11.3 Å². The van der Waals surface area contributed by atoms with E-state index in [0.717, 1.165) is 29.5 Å². The van der Waals surface area contributed by atoms with Crippen LogP contribution in [-0.4, -0.2) is 28.9 Å². The first kappa shape index (κ1) is 19.1. The molecule has 2 heterocycles. The molecule has 0 unspecified atom stereocenters. The first-order valence-electron chi connectivity index (χ1n) is 9.47. The van der Waals surface area contributed by atoms with Crippen molar-refractivity contribution in [1.29, 1.82) is 0 Å². The Morgan fingerprint density at radius 2 is 1.72 bits per heavy atom. The number of nitrogens with zero attached hydrogens (tertiary/aromatic N) is 3. The fourth-order valence-electron chi connectivity index (χ4n) is 3.29. The number of anilines is 2. The first-order chi connectivity index (χ1) is 14.1. The molecular weight excluding hydrogens is 388 g/mol. The smallest absolute Gasteiger partial charge is 0.269 e. The maximum atomic E-state index is 12.3. The van der Waals surface area contributed by atoms with Gasteiger partial charge in [0.1, 0.15) is 0 Å². The van der Waals surface area contributed by atoms with Crippen molar-refractivity contribution in [2.45, 2.75) is 19.3 Å². The second kappa shape index (κ2) is 8.40. The summed E-state index contributed by atoms with van der Waals surface area (Å²) in [7, 11) is 0. The fourth-order valence-corrected chi connectivity index (χ4v) is 4.18. The number of amides is 1. The summed E-state index contributed by atoms with van der Waals surface area (Å²) in [5.74, 6) is -0.311. The minimum absolute atomic E-state index is 0.0434. The maximum absolute atomic E-state index is 12.3. The molecule has 1 aromatic heterocycles. The van der Waals surface area contributed by atoms with Gasteiger partial charge in [-0.25, -0.2) is 4.98 Å². The van der Waals surface area contributed by atoms with Crippen molar-refractivity contribution < 1.29 is 9.72 Å². The van der Waals surface area contributed by atoms with Crippen molar-refractivity contribution in [3.8, 4) is 11.3 Å².